The van der Waals surface area contributed by atoms with Crippen molar-refractivity contribution in [2.24, 2.45) is 38.4 Å². The van der Waals surface area contributed by atoms with E-state index in [-0.39, 0.29) is 88.0 Å². The Morgan fingerprint density at radius 1 is 0.383 bits per heavy atom. The molecule has 8 aliphatic rings. The Bertz CT molecular complexity index is 5270. The quantitative estimate of drug-likeness (QED) is 0.0116. The van der Waals surface area contributed by atoms with Crippen LogP contribution in [0, 0.1) is 45.3 Å². The van der Waals surface area contributed by atoms with Gasteiger partial charge in [0.1, 0.15) is 12.4 Å². The van der Waals surface area contributed by atoms with Crippen LogP contribution < -0.4 is 15.9 Å². The summed E-state index contributed by atoms with van der Waals surface area (Å²) in [5.41, 5.74) is -1.51. The van der Waals surface area contributed by atoms with Crippen LogP contribution in [0.15, 0.2) is 147 Å². The molecule has 0 bridgehead atoms. The van der Waals surface area contributed by atoms with Crippen molar-refractivity contribution in [3.05, 3.63) is 161 Å². The number of unbranched alkanes of at least 4 members (excludes halogenated alkanes) is 1. The minimum Gasteiger partial charge on any atom is -0.463 e. The van der Waals surface area contributed by atoms with Gasteiger partial charge in [-0.15, -0.1) is 0 Å². The molecule has 1 N–H and O–H groups in total. The van der Waals surface area contributed by atoms with Gasteiger partial charge in [0, 0.05) is 157 Å². The molecule has 2 saturated heterocycles. The molecule has 0 radical (unpaired) electrons. The highest BCUT2D eigenvalue weighted by atomic mass is 16.7. The first-order chi connectivity index (χ1) is 66.1. The maximum atomic E-state index is 11.8. The zero-order chi connectivity index (χ0) is 105. The van der Waals surface area contributed by atoms with Crippen LogP contribution in [0.5, 0.6) is 5.75 Å². The SMILES string of the molecule is CC(C)C(=O)OCOC(=O)/C=C/C(=O)OC1C(=O)CCC1(C)C.CC1(C)CCC(=O)C1OC(=O)/C=C/C(=O)OC1CC(=O)NC1=O.CC1(C)CCC(=O)C1OC(=O)/C=C/C(=O)OCCCCN1CCOCC1.CC1(C)CCC(=O)C1OC(=O)/C=C/C(=O)OCc1ccccc1.CC1(C)CCC(=O)C1OC(=O)/C=C/C(=O)Oc1ccccc1.Cc1oc(=O)oc1COC(=O)/C=C/C(=O)OC1C(=O)CCC1(C)C. The molecular formula is C101H124N2O38. The third-order valence-corrected chi connectivity index (χ3v) is 23.3. The normalized spacial score (nSPS) is 21.5. The summed E-state index contributed by atoms with van der Waals surface area (Å²) in [7, 11) is 0. The van der Waals surface area contributed by atoms with Crippen molar-refractivity contribution in [3.63, 3.8) is 0 Å². The first kappa shape index (κ1) is 116. The van der Waals surface area contributed by atoms with Gasteiger partial charge in [0.25, 0.3) is 5.91 Å². The van der Waals surface area contributed by atoms with Gasteiger partial charge in [-0.05, 0) is 82.5 Å². The average molecular weight is 1970 g/mol. The number of para-hydroxylation sites is 1. The van der Waals surface area contributed by atoms with E-state index < -0.39 is 161 Å². The van der Waals surface area contributed by atoms with Crippen molar-refractivity contribution in [2.45, 2.75) is 256 Å². The number of rotatable bonds is 32. The lowest BCUT2D eigenvalue weighted by atomic mass is 9.89. The highest BCUT2D eigenvalue weighted by Crippen LogP contribution is 2.42. The summed E-state index contributed by atoms with van der Waals surface area (Å²) in [6, 6.07) is 17.7. The number of Topliss-reactive ketones (excluding diaryl/α,β-unsaturated/α-hetero) is 6. The summed E-state index contributed by atoms with van der Waals surface area (Å²) in [5.74, 6) is -12.0. The minimum absolute atomic E-state index is 0.0698. The number of nitrogens with one attached hydrogen (secondary N) is 1. The number of nitrogens with zero attached hydrogens (tertiary/aromatic N) is 1. The average Bonchev–Trinajstić information content (AvgIpc) is 1.69. The fourth-order valence-electron chi connectivity index (χ4n) is 14.7. The lowest BCUT2D eigenvalue weighted by molar-refractivity contribution is -0.167. The van der Waals surface area contributed by atoms with Crippen LogP contribution >= 0.6 is 0 Å². The lowest BCUT2D eigenvalue weighted by Crippen LogP contribution is -2.36. The van der Waals surface area contributed by atoms with Gasteiger partial charge in [0.2, 0.25) is 12.7 Å². The van der Waals surface area contributed by atoms with Crippen LogP contribution in [0.1, 0.15) is 210 Å². The molecule has 40 nitrogen and oxygen atoms in total. The Morgan fingerprint density at radius 3 is 1.02 bits per heavy atom. The van der Waals surface area contributed by atoms with Gasteiger partial charge in [-0.3, -0.25) is 53.4 Å². The van der Waals surface area contributed by atoms with Gasteiger partial charge in [-0.1, -0.05) is 145 Å². The number of ketones is 6. The standard InChI is InChI=1S/C19H29NO6.C18H20O5.C17H18O5.C16H18O8.C16H22O7.C15H17NO7/c1-19(2)8-7-15(21)18(19)26-17(23)6-5-16(22)25-12-4-3-9-20-10-13-24-14-11-20;1-18(2)11-10-14(19)17(18)23-16(21)9-8-15(20)22-12-13-6-4-3-5-7-13;1-17(2)11-10-13(18)16(17)22-15(20)9-8-14(19)21-12-6-4-3-5-7-12;1-9-11(23-15(20)22-9)8-21-12(18)4-5-13(19)24-14-10(17)6-7-16(14,2)3;1-10(2)15(20)22-9-21-12(18)5-6-13(19)23-14-11(17)7-8-16(14,3)4;1-15(2)6-5-8(17)13(15)23-12(20)4-3-11(19)22-9-7-10(18)16-14(9)21/h5-6,18H,3-4,7-14H2,1-2H3;3-9,17H,10-12H2,1-2H3;3-9,16H,10-11H2,1-2H3;4-5,14H,6-8H2,1-3H3;5-6,10,14H,7-9H2,1-4H3;3-4,9,13H,5-7H2,1-2H3,(H,16,18,21)/b6-5+;2*9-8+;5-4+;6-5+;4-3+. The van der Waals surface area contributed by atoms with E-state index in [1.165, 1.54) is 6.92 Å². The zero-order valence-electron chi connectivity index (χ0n) is 81.8. The van der Waals surface area contributed by atoms with Crippen molar-refractivity contribution < 1.29 is 176 Å². The first-order valence-electron chi connectivity index (χ1n) is 45.7. The molecular weight excluding hydrogens is 1850 g/mol. The molecule has 141 heavy (non-hydrogen) atoms. The zero-order valence-corrected chi connectivity index (χ0v) is 81.8. The smallest absolute Gasteiger partial charge is 0.463 e. The van der Waals surface area contributed by atoms with E-state index in [4.69, 9.17) is 56.8 Å². The molecule has 0 spiro atoms. The molecule has 3 aromatic rings. The molecule has 6 aliphatic carbocycles. The number of morpholine rings is 1. The Labute approximate surface area is 814 Å². The van der Waals surface area contributed by atoms with Gasteiger partial charge < -0.3 is 75.2 Å². The van der Waals surface area contributed by atoms with Crippen LogP contribution in [-0.4, -0.2) is 218 Å². The van der Waals surface area contributed by atoms with Gasteiger partial charge in [-0.25, -0.2) is 62.3 Å². The van der Waals surface area contributed by atoms with E-state index in [1.807, 2.05) is 119 Å². The number of carbonyl (C=O) groups excluding carboxylic acids is 21. The van der Waals surface area contributed by atoms with Crippen LogP contribution in [-0.2, 0) is 175 Å². The number of hydrogen-bond donors (Lipinski definition) is 1. The number of carbonyl (C=O) groups is 21. The predicted molar refractivity (Wildman–Crippen MR) is 489 cm³/mol. The van der Waals surface area contributed by atoms with E-state index >= 15 is 0 Å². The topological polar surface area (TPSA) is 546 Å². The number of esters is 13. The minimum atomic E-state index is -1.19. The number of ether oxygens (including phenoxy) is 14. The van der Waals surface area contributed by atoms with Crippen LogP contribution in [0.2, 0.25) is 0 Å². The van der Waals surface area contributed by atoms with Crippen molar-refractivity contribution in [1.82, 2.24) is 10.2 Å². The molecule has 766 valence electrons. The van der Waals surface area contributed by atoms with Crippen molar-refractivity contribution in [1.29, 1.82) is 0 Å². The lowest BCUT2D eigenvalue weighted by Gasteiger charge is -2.26. The summed E-state index contributed by atoms with van der Waals surface area (Å²) in [4.78, 5) is 256. The highest BCUT2D eigenvalue weighted by molar-refractivity contribution is 6.06. The van der Waals surface area contributed by atoms with E-state index in [1.54, 1.807) is 44.2 Å². The molecule has 6 saturated carbocycles. The molecule has 40 heteroatoms. The second kappa shape index (κ2) is 54.6. The van der Waals surface area contributed by atoms with Crippen LogP contribution in [0.4, 0.5) is 0 Å². The predicted octanol–water partition coefficient (Wildman–Crippen LogP) is 9.32. The largest absolute Gasteiger partial charge is 0.519 e. The van der Waals surface area contributed by atoms with Gasteiger partial charge >= 0.3 is 83.4 Å². The fourth-order valence-corrected chi connectivity index (χ4v) is 14.7. The Balaban J connectivity index is 0.000000259. The third-order valence-electron chi connectivity index (χ3n) is 23.3. The van der Waals surface area contributed by atoms with Crippen LogP contribution in [0.25, 0.3) is 0 Å². The van der Waals surface area contributed by atoms with Gasteiger partial charge in [-0.2, -0.15) is 0 Å². The maximum Gasteiger partial charge on any atom is 0.519 e. The molecule has 11 rings (SSSR count). The summed E-state index contributed by atoms with van der Waals surface area (Å²) in [6.07, 6.45) is 13.1. The second-order valence-corrected chi connectivity index (χ2v) is 38.1. The van der Waals surface area contributed by atoms with Gasteiger partial charge in [0.15, 0.2) is 95.6 Å². The Kier molecular flexibility index (Phi) is 44.8. The summed E-state index contributed by atoms with van der Waals surface area (Å²) in [6.45, 7) is 31.1. The molecule has 3 heterocycles. The second-order valence-electron chi connectivity index (χ2n) is 38.1. The third kappa shape index (κ3) is 40.1. The van der Waals surface area contributed by atoms with Crippen LogP contribution in [0.3, 0.4) is 0 Å². The molecule has 2 aliphatic heterocycles. The first-order valence-corrected chi connectivity index (χ1v) is 45.7. The van der Waals surface area contributed by atoms with Crippen molar-refractivity contribution in [3.8, 4) is 5.75 Å². The van der Waals surface area contributed by atoms with E-state index in [2.05, 4.69) is 23.2 Å². The van der Waals surface area contributed by atoms with E-state index in [0.29, 0.717) is 89.4 Å². The molecule has 1 aromatic heterocycles. The molecule has 2 amide bonds. The van der Waals surface area contributed by atoms with E-state index in [9.17, 15) is 105 Å². The Hall–Kier alpha value is -13.9. The molecule has 7 unspecified atom stereocenters. The summed E-state index contributed by atoms with van der Waals surface area (Å²) < 4.78 is 79.3. The number of imide groups is 1. The number of benzene rings is 2. The highest BCUT2D eigenvalue weighted by Gasteiger charge is 2.49. The summed E-state index contributed by atoms with van der Waals surface area (Å²) in [5, 5.41) is 1.99. The number of amides is 2. The Morgan fingerprint density at radius 2 is 0.702 bits per heavy atom. The maximum absolute atomic E-state index is 11.8. The molecule has 2 aromatic carbocycles. The fraction of sp³-hybridized carbons (Fsp3) is 0.525. The monoisotopic (exact) mass is 1970 g/mol. The molecule has 7 atom stereocenters. The van der Waals surface area contributed by atoms with Crippen molar-refractivity contribution >= 4 is 124 Å². The van der Waals surface area contributed by atoms with Gasteiger partial charge in [0.05, 0.1) is 32.2 Å². The van der Waals surface area contributed by atoms with Crippen molar-refractivity contribution in [2.75, 3.05) is 46.2 Å². The summed E-state index contributed by atoms with van der Waals surface area (Å²) >= 11 is 0. The van der Waals surface area contributed by atoms with E-state index in [0.717, 1.165) is 124 Å². The number of hydrogen-bond acceptors (Lipinski definition) is 39. The molecule has 8 fully saturated rings. The number of aryl methyl sites for hydroxylation is 1.